The number of imidazole rings is 1. The molecule has 0 spiro atoms. The number of hydrogen-bond acceptors (Lipinski definition) is 2. The molecule has 0 radical (unpaired) electrons. The van der Waals surface area contributed by atoms with Crippen molar-refractivity contribution in [2.45, 2.75) is 45.6 Å². The number of anilines is 1. The smallest absolute Gasteiger partial charge is 0.201 e. The fraction of sp³-hybridized carbons (Fsp3) is 0.533. The molecule has 1 atom stereocenters. The molecular formula is C15H21N3. The maximum Gasteiger partial charge on any atom is 0.201 e. The third-order valence-electron chi connectivity index (χ3n) is 4.44. The zero-order chi connectivity index (χ0) is 12.7. The predicted octanol–water partition coefficient (Wildman–Crippen LogP) is 3.68. The Balaban J connectivity index is 2.10. The van der Waals surface area contributed by atoms with Crippen LogP contribution in [-0.4, -0.2) is 9.55 Å². The van der Waals surface area contributed by atoms with Crippen LogP contribution in [0.4, 0.5) is 5.95 Å². The van der Waals surface area contributed by atoms with E-state index in [9.17, 15) is 0 Å². The van der Waals surface area contributed by atoms with Crippen molar-refractivity contribution in [2.75, 3.05) is 5.73 Å². The quantitative estimate of drug-likeness (QED) is 0.874. The van der Waals surface area contributed by atoms with Gasteiger partial charge in [-0.2, -0.15) is 0 Å². The number of aromatic nitrogens is 2. The standard InChI is InChI=1S/C15H21N3/c1-10-6-5-9-13-14(10)17-15(16)18(13)11(2)12-7-3-4-8-12/h5-6,9,11-12H,3-4,7-8H2,1-2H3,(H2,16,17). The molecular weight excluding hydrogens is 222 g/mol. The number of rotatable bonds is 2. The Bertz CT molecular complexity index is 564. The van der Waals surface area contributed by atoms with Crippen molar-refractivity contribution in [3.8, 4) is 0 Å². The Kier molecular flexibility index (Phi) is 2.77. The molecule has 1 aliphatic rings. The fourth-order valence-corrected chi connectivity index (χ4v) is 3.35. The van der Waals surface area contributed by atoms with Gasteiger partial charge in [-0.3, -0.25) is 0 Å². The molecule has 1 heterocycles. The largest absolute Gasteiger partial charge is 0.369 e. The van der Waals surface area contributed by atoms with E-state index in [2.05, 4.69) is 41.6 Å². The van der Waals surface area contributed by atoms with Gasteiger partial charge in [-0.1, -0.05) is 25.0 Å². The third-order valence-corrected chi connectivity index (χ3v) is 4.44. The van der Waals surface area contributed by atoms with Crippen molar-refractivity contribution >= 4 is 17.0 Å². The van der Waals surface area contributed by atoms with E-state index >= 15 is 0 Å². The molecule has 18 heavy (non-hydrogen) atoms. The lowest BCUT2D eigenvalue weighted by Crippen LogP contribution is -2.16. The molecule has 3 nitrogen and oxygen atoms in total. The van der Waals surface area contributed by atoms with E-state index in [1.54, 1.807) is 0 Å². The summed E-state index contributed by atoms with van der Waals surface area (Å²) in [5.41, 5.74) is 9.59. The Morgan fingerprint density at radius 3 is 2.78 bits per heavy atom. The maximum absolute atomic E-state index is 6.14. The van der Waals surface area contributed by atoms with Crippen LogP contribution in [0.15, 0.2) is 18.2 Å². The molecule has 1 aromatic carbocycles. The van der Waals surface area contributed by atoms with Gasteiger partial charge >= 0.3 is 0 Å². The van der Waals surface area contributed by atoms with E-state index in [0.717, 1.165) is 11.4 Å². The van der Waals surface area contributed by atoms with E-state index in [-0.39, 0.29) is 0 Å². The van der Waals surface area contributed by atoms with E-state index in [1.807, 2.05) is 0 Å². The highest BCUT2D eigenvalue weighted by Gasteiger charge is 2.25. The first-order valence-electron chi connectivity index (χ1n) is 6.91. The number of aryl methyl sites for hydroxylation is 1. The van der Waals surface area contributed by atoms with Gasteiger partial charge in [0.15, 0.2) is 0 Å². The monoisotopic (exact) mass is 243 g/mol. The zero-order valence-electron chi connectivity index (χ0n) is 11.2. The minimum Gasteiger partial charge on any atom is -0.369 e. The first-order chi connectivity index (χ1) is 8.68. The summed E-state index contributed by atoms with van der Waals surface area (Å²) in [7, 11) is 0. The number of fused-ring (bicyclic) bond motifs is 1. The number of nitrogen functional groups attached to an aromatic ring is 1. The van der Waals surface area contributed by atoms with Gasteiger partial charge in [-0.05, 0) is 44.2 Å². The number of benzene rings is 1. The number of para-hydroxylation sites is 1. The summed E-state index contributed by atoms with van der Waals surface area (Å²) >= 11 is 0. The lowest BCUT2D eigenvalue weighted by atomic mass is 9.99. The zero-order valence-corrected chi connectivity index (χ0v) is 11.2. The van der Waals surface area contributed by atoms with E-state index in [0.29, 0.717) is 12.0 Å². The highest BCUT2D eigenvalue weighted by Crippen LogP contribution is 2.37. The van der Waals surface area contributed by atoms with Gasteiger partial charge in [0.2, 0.25) is 5.95 Å². The van der Waals surface area contributed by atoms with Gasteiger partial charge < -0.3 is 10.3 Å². The van der Waals surface area contributed by atoms with Gasteiger partial charge in [-0.15, -0.1) is 0 Å². The fourth-order valence-electron chi connectivity index (χ4n) is 3.35. The van der Waals surface area contributed by atoms with E-state index in [1.165, 1.54) is 36.8 Å². The normalized spacial score (nSPS) is 18.6. The predicted molar refractivity (Wildman–Crippen MR) is 75.6 cm³/mol. The average Bonchev–Trinajstić information content (AvgIpc) is 2.96. The van der Waals surface area contributed by atoms with Gasteiger partial charge in [0.25, 0.3) is 0 Å². The molecule has 1 aromatic heterocycles. The van der Waals surface area contributed by atoms with Crippen molar-refractivity contribution in [1.82, 2.24) is 9.55 Å². The van der Waals surface area contributed by atoms with Crippen LogP contribution in [0.5, 0.6) is 0 Å². The molecule has 0 amide bonds. The highest BCUT2D eigenvalue weighted by molar-refractivity contribution is 5.81. The molecule has 3 heteroatoms. The summed E-state index contributed by atoms with van der Waals surface area (Å²) in [5, 5.41) is 0. The van der Waals surface area contributed by atoms with Crippen LogP contribution in [-0.2, 0) is 0 Å². The molecule has 3 rings (SSSR count). The van der Waals surface area contributed by atoms with Crippen LogP contribution in [0.1, 0.15) is 44.2 Å². The molecule has 96 valence electrons. The van der Waals surface area contributed by atoms with Crippen LogP contribution in [0, 0.1) is 12.8 Å². The van der Waals surface area contributed by atoms with Gasteiger partial charge in [0.05, 0.1) is 11.0 Å². The highest BCUT2D eigenvalue weighted by atomic mass is 15.2. The Labute approximate surface area is 108 Å². The molecule has 0 aliphatic heterocycles. The summed E-state index contributed by atoms with van der Waals surface area (Å²) in [4.78, 5) is 4.55. The summed E-state index contributed by atoms with van der Waals surface area (Å²) in [6.45, 7) is 4.38. The number of nitrogens with zero attached hydrogens (tertiary/aromatic N) is 2. The van der Waals surface area contributed by atoms with Crippen LogP contribution in [0.3, 0.4) is 0 Å². The number of nitrogens with two attached hydrogens (primary N) is 1. The minimum atomic E-state index is 0.458. The molecule has 1 saturated carbocycles. The van der Waals surface area contributed by atoms with Gasteiger partial charge in [0, 0.05) is 6.04 Å². The van der Waals surface area contributed by atoms with Crippen molar-refractivity contribution in [3.63, 3.8) is 0 Å². The van der Waals surface area contributed by atoms with Gasteiger partial charge in [-0.25, -0.2) is 4.98 Å². The van der Waals surface area contributed by atoms with Gasteiger partial charge in [0.1, 0.15) is 0 Å². The molecule has 0 bridgehead atoms. The van der Waals surface area contributed by atoms with E-state index in [4.69, 9.17) is 5.73 Å². The molecule has 2 aromatic rings. The Morgan fingerprint density at radius 2 is 2.06 bits per heavy atom. The van der Waals surface area contributed by atoms with Crippen molar-refractivity contribution in [1.29, 1.82) is 0 Å². The molecule has 1 unspecified atom stereocenters. The molecule has 0 saturated heterocycles. The SMILES string of the molecule is Cc1cccc2c1nc(N)n2C(C)C1CCCC1. The summed E-state index contributed by atoms with van der Waals surface area (Å²) in [6, 6.07) is 6.78. The second kappa shape index (κ2) is 4.30. The van der Waals surface area contributed by atoms with Crippen LogP contribution >= 0.6 is 0 Å². The lowest BCUT2D eigenvalue weighted by molar-refractivity contribution is 0.371. The maximum atomic E-state index is 6.14. The molecule has 2 N–H and O–H groups in total. The summed E-state index contributed by atoms with van der Waals surface area (Å²) in [5.74, 6) is 1.42. The molecule has 1 aliphatic carbocycles. The topological polar surface area (TPSA) is 43.8 Å². The van der Waals surface area contributed by atoms with Crippen molar-refractivity contribution in [2.24, 2.45) is 5.92 Å². The Morgan fingerprint density at radius 1 is 1.33 bits per heavy atom. The van der Waals surface area contributed by atoms with Crippen molar-refractivity contribution in [3.05, 3.63) is 23.8 Å². The first-order valence-corrected chi connectivity index (χ1v) is 6.91. The molecule has 1 fully saturated rings. The summed E-state index contributed by atoms with van der Waals surface area (Å²) in [6.07, 6.45) is 5.37. The van der Waals surface area contributed by atoms with Crippen molar-refractivity contribution < 1.29 is 0 Å². The van der Waals surface area contributed by atoms with Crippen LogP contribution in [0.25, 0.3) is 11.0 Å². The van der Waals surface area contributed by atoms with Crippen LogP contribution < -0.4 is 5.73 Å². The lowest BCUT2D eigenvalue weighted by Gasteiger charge is -2.22. The first kappa shape index (κ1) is 11.6. The second-order valence-corrected chi connectivity index (χ2v) is 5.57. The minimum absolute atomic E-state index is 0.458. The average molecular weight is 243 g/mol. The third kappa shape index (κ3) is 1.69. The Hall–Kier alpha value is -1.51. The van der Waals surface area contributed by atoms with E-state index < -0.39 is 0 Å². The second-order valence-electron chi connectivity index (χ2n) is 5.57. The number of hydrogen-bond donors (Lipinski definition) is 1. The van der Waals surface area contributed by atoms with Crippen LogP contribution in [0.2, 0.25) is 0 Å². The summed E-state index contributed by atoms with van der Waals surface area (Å²) < 4.78 is 2.23.